The van der Waals surface area contributed by atoms with Gasteiger partial charge in [0, 0.05) is 18.4 Å². The summed E-state index contributed by atoms with van der Waals surface area (Å²) in [6.07, 6.45) is 1.76. The van der Waals surface area contributed by atoms with Gasteiger partial charge in [-0.05, 0) is 51.0 Å². The summed E-state index contributed by atoms with van der Waals surface area (Å²) < 4.78 is 6.06. The fourth-order valence-corrected chi connectivity index (χ4v) is 3.64. The summed E-state index contributed by atoms with van der Waals surface area (Å²) >= 11 is 12.0. The molecule has 1 aliphatic rings. The second-order valence-electron chi connectivity index (χ2n) is 7.48. The smallest absolute Gasteiger partial charge is 0.220 e. The van der Waals surface area contributed by atoms with E-state index in [1.54, 1.807) is 6.07 Å². The molecule has 1 aliphatic heterocycles. The normalized spacial score (nSPS) is 18.0. The van der Waals surface area contributed by atoms with E-state index in [4.69, 9.17) is 27.9 Å². The minimum absolute atomic E-state index is 0.0197. The van der Waals surface area contributed by atoms with Crippen LogP contribution < -0.4 is 10.1 Å². The van der Waals surface area contributed by atoms with Crippen molar-refractivity contribution in [1.82, 2.24) is 5.32 Å². The third-order valence-corrected chi connectivity index (χ3v) is 5.32. The van der Waals surface area contributed by atoms with Crippen LogP contribution in [0.3, 0.4) is 0 Å². The number of fused-ring (bicyclic) bond motifs is 1. The van der Waals surface area contributed by atoms with Gasteiger partial charge in [0.25, 0.3) is 0 Å². The Kier molecular flexibility index (Phi) is 5.50. The summed E-state index contributed by atoms with van der Waals surface area (Å²) in [5.74, 6) is 0.868. The Balaban J connectivity index is 1.68. The quantitative estimate of drug-likeness (QED) is 0.730. The minimum atomic E-state index is -0.316. The average molecular weight is 392 g/mol. The molecule has 5 heteroatoms. The molecule has 0 aliphatic carbocycles. The molecule has 0 fully saturated rings. The Labute approximate surface area is 164 Å². The fourth-order valence-electron chi connectivity index (χ4n) is 3.32. The van der Waals surface area contributed by atoms with Gasteiger partial charge in [0.05, 0.1) is 16.1 Å². The van der Waals surface area contributed by atoms with Gasteiger partial charge < -0.3 is 10.1 Å². The van der Waals surface area contributed by atoms with Crippen LogP contribution in [0.4, 0.5) is 0 Å². The first-order valence-electron chi connectivity index (χ1n) is 8.76. The van der Waals surface area contributed by atoms with Gasteiger partial charge in [-0.3, -0.25) is 4.79 Å². The molecule has 0 unspecified atom stereocenters. The van der Waals surface area contributed by atoms with Gasteiger partial charge in [0.1, 0.15) is 11.4 Å². The predicted molar refractivity (Wildman–Crippen MR) is 106 cm³/mol. The maximum Gasteiger partial charge on any atom is 0.220 e. The van der Waals surface area contributed by atoms with E-state index in [0.717, 1.165) is 28.9 Å². The van der Waals surface area contributed by atoms with E-state index in [1.165, 1.54) is 0 Å². The van der Waals surface area contributed by atoms with E-state index in [9.17, 15) is 4.79 Å². The van der Waals surface area contributed by atoms with Gasteiger partial charge in [0.2, 0.25) is 5.91 Å². The van der Waals surface area contributed by atoms with Crippen molar-refractivity contribution in [2.24, 2.45) is 0 Å². The van der Waals surface area contributed by atoms with E-state index < -0.39 is 0 Å². The maximum absolute atomic E-state index is 12.5. The van der Waals surface area contributed by atoms with Gasteiger partial charge >= 0.3 is 0 Å². The largest absolute Gasteiger partial charge is 0.487 e. The number of aryl methyl sites for hydroxylation is 2. The second-order valence-corrected chi connectivity index (χ2v) is 8.29. The monoisotopic (exact) mass is 391 g/mol. The summed E-state index contributed by atoms with van der Waals surface area (Å²) in [5.41, 5.74) is 2.89. The third-order valence-electron chi connectivity index (χ3n) is 4.58. The minimum Gasteiger partial charge on any atom is -0.487 e. The van der Waals surface area contributed by atoms with Crippen molar-refractivity contribution < 1.29 is 9.53 Å². The predicted octanol–water partition coefficient (Wildman–Crippen LogP) is 5.65. The van der Waals surface area contributed by atoms with E-state index in [0.29, 0.717) is 22.9 Å². The summed E-state index contributed by atoms with van der Waals surface area (Å²) in [7, 11) is 0. The Morgan fingerprint density at radius 1 is 1.19 bits per heavy atom. The number of rotatable bonds is 4. The number of benzene rings is 2. The Hall–Kier alpha value is -1.71. The lowest BCUT2D eigenvalue weighted by atomic mass is 9.89. The zero-order chi connectivity index (χ0) is 18.9. The molecule has 1 N–H and O–H groups in total. The van der Waals surface area contributed by atoms with E-state index >= 15 is 0 Å². The zero-order valence-electron chi connectivity index (χ0n) is 15.2. The fraction of sp³-hybridized carbons (Fsp3) is 0.381. The molecule has 1 heterocycles. The molecule has 2 aromatic rings. The molecule has 2 aromatic carbocycles. The van der Waals surface area contributed by atoms with Gasteiger partial charge in [-0.2, -0.15) is 0 Å². The topological polar surface area (TPSA) is 38.3 Å². The van der Waals surface area contributed by atoms with E-state index in [-0.39, 0.29) is 17.6 Å². The maximum atomic E-state index is 12.5. The van der Waals surface area contributed by atoms with Crippen LogP contribution in [0.5, 0.6) is 5.75 Å². The van der Waals surface area contributed by atoms with Crippen LogP contribution in [0.15, 0.2) is 36.4 Å². The van der Waals surface area contributed by atoms with Crippen LogP contribution in [0.25, 0.3) is 0 Å². The van der Waals surface area contributed by atoms with Crippen LogP contribution in [-0.4, -0.2) is 11.5 Å². The molecule has 1 amide bonds. The molecule has 26 heavy (non-hydrogen) atoms. The Morgan fingerprint density at radius 2 is 1.96 bits per heavy atom. The summed E-state index contributed by atoms with van der Waals surface area (Å²) in [6.45, 7) is 6.14. The van der Waals surface area contributed by atoms with Gasteiger partial charge in [-0.15, -0.1) is 0 Å². The highest BCUT2D eigenvalue weighted by molar-refractivity contribution is 6.42. The van der Waals surface area contributed by atoms with Crippen molar-refractivity contribution in [2.75, 3.05) is 0 Å². The number of hydrogen-bond donors (Lipinski definition) is 1. The lowest BCUT2D eigenvalue weighted by Gasteiger charge is -2.38. The molecule has 3 nitrogen and oxygen atoms in total. The molecule has 1 atom stereocenters. The molecule has 0 aromatic heterocycles. The second kappa shape index (κ2) is 7.50. The van der Waals surface area contributed by atoms with Crippen LogP contribution in [0, 0.1) is 6.92 Å². The highest BCUT2D eigenvalue weighted by Gasteiger charge is 2.34. The van der Waals surface area contributed by atoms with Gasteiger partial charge in [-0.25, -0.2) is 0 Å². The summed E-state index contributed by atoms with van der Waals surface area (Å²) in [6, 6.07) is 11.5. The molecule has 0 bridgehead atoms. The summed E-state index contributed by atoms with van der Waals surface area (Å²) in [5, 5.41) is 4.21. The number of hydrogen-bond acceptors (Lipinski definition) is 2. The number of carbonyl (C=O) groups is 1. The van der Waals surface area contributed by atoms with Crippen molar-refractivity contribution >= 4 is 29.1 Å². The van der Waals surface area contributed by atoms with Crippen molar-refractivity contribution in [3.63, 3.8) is 0 Å². The molecule has 3 rings (SSSR count). The first kappa shape index (κ1) is 19.1. The average Bonchev–Trinajstić information content (AvgIpc) is 2.56. The molecular weight excluding hydrogens is 369 g/mol. The van der Waals surface area contributed by atoms with Gasteiger partial charge in [0.15, 0.2) is 0 Å². The van der Waals surface area contributed by atoms with Crippen molar-refractivity contribution in [3.8, 4) is 5.75 Å². The number of amides is 1. The molecule has 0 radical (unpaired) electrons. The highest BCUT2D eigenvalue weighted by atomic mass is 35.5. The molecule has 0 spiro atoms. The van der Waals surface area contributed by atoms with E-state index in [1.807, 2.05) is 45.0 Å². The highest BCUT2D eigenvalue weighted by Crippen LogP contribution is 2.39. The lowest BCUT2D eigenvalue weighted by molar-refractivity contribution is -0.122. The van der Waals surface area contributed by atoms with Gasteiger partial charge in [-0.1, -0.05) is 47.0 Å². The van der Waals surface area contributed by atoms with Crippen molar-refractivity contribution in [1.29, 1.82) is 0 Å². The first-order chi connectivity index (χ1) is 12.2. The van der Waals surface area contributed by atoms with E-state index in [2.05, 4.69) is 11.4 Å². The van der Waals surface area contributed by atoms with Crippen LogP contribution >= 0.6 is 23.2 Å². The number of carbonyl (C=O) groups excluding carboxylic acids is 1. The third kappa shape index (κ3) is 4.52. The number of nitrogens with one attached hydrogen (secondary N) is 1. The lowest BCUT2D eigenvalue weighted by Crippen LogP contribution is -2.41. The standard InChI is InChI=1S/C21H23Cl2NO2/c1-13-4-8-19-15(10-13)18(12-21(2,3)26-19)24-20(25)9-6-14-5-7-16(22)17(23)11-14/h4-5,7-8,10-11,18H,6,9,12H2,1-3H3,(H,24,25)/t18-/m0/s1. The molecule has 138 valence electrons. The van der Waals surface area contributed by atoms with Crippen molar-refractivity contribution in [2.45, 2.75) is 51.7 Å². The van der Waals surface area contributed by atoms with Crippen molar-refractivity contribution in [3.05, 3.63) is 63.1 Å². The number of halogens is 2. The Bertz CT molecular complexity index is 833. The molecular formula is C21H23Cl2NO2. The molecule has 0 saturated heterocycles. The Morgan fingerprint density at radius 3 is 2.69 bits per heavy atom. The molecule has 0 saturated carbocycles. The zero-order valence-corrected chi connectivity index (χ0v) is 16.7. The van der Waals surface area contributed by atoms with Crippen LogP contribution in [0.1, 0.15) is 49.4 Å². The SMILES string of the molecule is Cc1ccc2c(c1)[C@@H](NC(=O)CCc1ccc(Cl)c(Cl)c1)CC(C)(C)O2. The first-order valence-corrected chi connectivity index (χ1v) is 9.52. The van der Waals surface area contributed by atoms with Crippen LogP contribution in [0.2, 0.25) is 10.0 Å². The van der Waals surface area contributed by atoms with Crippen LogP contribution in [-0.2, 0) is 11.2 Å². The summed E-state index contributed by atoms with van der Waals surface area (Å²) in [4.78, 5) is 12.5. The number of ether oxygens (including phenoxy) is 1.